The molecule has 0 bridgehead atoms. The van der Waals surface area contributed by atoms with Gasteiger partial charge in [-0.15, -0.1) is 0 Å². The Balaban J connectivity index is 1.60. The van der Waals surface area contributed by atoms with Gasteiger partial charge in [0.1, 0.15) is 0 Å². The normalized spacial score (nSPS) is 23.2. The molecular formula is C15H22ClN3. The van der Waals surface area contributed by atoms with Crippen LogP contribution in [0.3, 0.4) is 0 Å². The van der Waals surface area contributed by atoms with E-state index in [-0.39, 0.29) is 0 Å². The largest absolute Gasteiger partial charge is 0.313 e. The SMILES string of the molecule is Clc1ccnc(CN(CC2CC2)CC2CCCN2)c1. The van der Waals surface area contributed by atoms with E-state index in [0.717, 1.165) is 29.7 Å². The number of hydrogen-bond donors (Lipinski definition) is 1. The summed E-state index contributed by atoms with van der Waals surface area (Å²) >= 11 is 6.05. The topological polar surface area (TPSA) is 28.2 Å². The second kappa shape index (κ2) is 6.21. The van der Waals surface area contributed by atoms with Crippen molar-refractivity contribution in [3.63, 3.8) is 0 Å². The number of nitrogens with zero attached hydrogens (tertiary/aromatic N) is 2. The van der Waals surface area contributed by atoms with Crippen LogP contribution in [0, 0.1) is 5.92 Å². The van der Waals surface area contributed by atoms with Crippen LogP contribution in [-0.2, 0) is 6.54 Å². The standard InChI is InChI=1S/C15H22ClN3/c16-13-5-7-18-15(8-13)11-19(9-12-3-4-12)10-14-2-1-6-17-14/h5,7-8,12,14,17H,1-4,6,9-11H2. The monoisotopic (exact) mass is 279 g/mol. The van der Waals surface area contributed by atoms with Crippen molar-refractivity contribution in [2.24, 2.45) is 5.92 Å². The van der Waals surface area contributed by atoms with Crippen LogP contribution in [-0.4, -0.2) is 35.6 Å². The molecule has 0 spiro atoms. The van der Waals surface area contributed by atoms with Crippen LogP contribution in [0.4, 0.5) is 0 Å². The fourth-order valence-electron chi connectivity index (χ4n) is 2.86. The lowest BCUT2D eigenvalue weighted by atomic mass is 10.2. The Morgan fingerprint density at radius 2 is 2.21 bits per heavy atom. The van der Waals surface area contributed by atoms with Gasteiger partial charge in [-0.05, 0) is 50.3 Å². The molecule has 1 aliphatic heterocycles. The smallest absolute Gasteiger partial charge is 0.0558 e. The van der Waals surface area contributed by atoms with E-state index in [0.29, 0.717) is 6.04 Å². The van der Waals surface area contributed by atoms with Gasteiger partial charge in [-0.1, -0.05) is 11.6 Å². The van der Waals surface area contributed by atoms with Crippen molar-refractivity contribution >= 4 is 11.6 Å². The first kappa shape index (κ1) is 13.3. The zero-order valence-electron chi connectivity index (χ0n) is 11.3. The molecule has 2 aliphatic rings. The van der Waals surface area contributed by atoms with Crippen molar-refractivity contribution in [2.45, 2.75) is 38.3 Å². The summed E-state index contributed by atoms with van der Waals surface area (Å²) in [7, 11) is 0. The zero-order chi connectivity index (χ0) is 13.1. The average Bonchev–Trinajstić information content (AvgIpc) is 3.03. The van der Waals surface area contributed by atoms with Gasteiger partial charge >= 0.3 is 0 Å². The number of halogens is 1. The summed E-state index contributed by atoms with van der Waals surface area (Å²) in [6.07, 6.45) is 7.23. The Labute approximate surface area is 120 Å². The Kier molecular flexibility index (Phi) is 4.36. The lowest BCUT2D eigenvalue weighted by molar-refractivity contribution is 0.229. The second-order valence-electron chi connectivity index (χ2n) is 5.90. The molecule has 104 valence electrons. The van der Waals surface area contributed by atoms with Crippen molar-refractivity contribution in [3.05, 3.63) is 29.0 Å². The van der Waals surface area contributed by atoms with Gasteiger partial charge in [-0.25, -0.2) is 0 Å². The molecule has 0 amide bonds. The first-order valence-electron chi connectivity index (χ1n) is 7.36. The maximum absolute atomic E-state index is 6.05. The second-order valence-corrected chi connectivity index (χ2v) is 6.33. The summed E-state index contributed by atoms with van der Waals surface area (Å²) in [5.74, 6) is 0.917. The zero-order valence-corrected chi connectivity index (χ0v) is 12.1. The van der Waals surface area contributed by atoms with Gasteiger partial charge in [0.15, 0.2) is 0 Å². The van der Waals surface area contributed by atoms with E-state index in [1.165, 1.54) is 38.8 Å². The molecule has 2 heterocycles. The summed E-state index contributed by atoms with van der Waals surface area (Å²) in [6.45, 7) is 4.46. The Hall–Kier alpha value is -0.640. The van der Waals surface area contributed by atoms with Crippen molar-refractivity contribution in [2.75, 3.05) is 19.6 Å². The first-order chi connectivity index (χ1) is 9.29. The Morgan fingerprint density at radius 3 is 2.89 bits per heavy atom. The van der Waals surface area contributed by atoms with Gasteiger partial charge in [-0.3, -0.25) is 9.88 Å². The summed E-state index contributed by atoms with van der Waals surface area (Å²) < 4.78 is 0. The third kappa shape index (κ3) is 4.16. The van der Waals surface area contributed by atoms with E-state index in [1.807, 2.05) is 12.1 Å². The van der Waals surface area contributed by atoms with Crippen LogP contribution in [0.25, 0.3) is 0 Å². The van der Waals surface area contributed by atoms with Gasteiger partial charge in [0.2, 0.25) is 0 Å². The van der Waals surface area contributed by atoms with Crippen LogP contribution < -0.4 is 5.32 Å². The highest BCUT2D eigenvalue weighted by atomic mass is 35.5. The Bertz CT molecular complexity index is 414. The lowest BCUT2D eigenvalue weighted by Gasteiger charge is -2.25. The quantitative estimate of drug-likeness (QED) is 0.868. The molecule has 0 radical (unpaired) electrons. The number of hydrogen-bond acceptors (Lipinski definition) is 3. The van der Waals surface area contributed by atoms with Crippen molar-refractivity contribution < 1.29 is 0 Å². The lowest BCUT2D eigenvalue weighted by Crippen LogP contribution is -2.38. The van der Waals surface area contributed by atoms with Crippen LogP contribution in [0.2, 0.25) is 5.02 Å². The predicted octanol–water partition coefficient (Wildman–Crippen LogP) is 2.70. The minimum Gasteiger partial charge on any atom is -0.313 e. The van der Waals surface area contributed by atoms with Crippen LogP contribution in [0.5, 0.6) is 0 Å². The summed E-state index contributed by atoms with van der Waals surface area (Å²) in [5, 5.41) is 4.38. The molecule has 19 heavy (non-hydrogen) atoms. The summed E-state index contributed by atoms with van der Waals surface area (Å²) in [4.78, 5) is 6.99. The third-order valence-corrected chi connectivity index (χ3v) is 4.25. The van der Waals surface area contributed by atoms with E-state index in [4.69, 9.17) is 11.6 Å². The van der Waals surface area contributed by atoms with Crippen LogP contribution >= 0.6 is 11.6 Å². The number of aromatic nitrogens is 1. The highest BCUT2D eigenvalue weighted by Crippen LogP contribution is 2.30. The summed E-state index contributed by atoms with van der Waals surface area (Å²) in [5.41, 5.74) is 1.09. The van der Waals surface area contributed by atoms with Crippen LogP contribution in [0.1, 0.15) is 31.4 Å². The van der Waals surface area contributed by atoms with Gasteiger partial charge in [-0.2, -0.15) is 0 Å². The van der Waals surface area contributed by atoms with E-state index in [1.54, 1.807) is 6.20 Å². The van der Waals surface area contributed by atoms with Gasteiger partial charge in [0.25, 0.3) is 0 Å². The molecule has 1 saturated heterocycles. The molecule has 3 nitrogen and oxygen atoms in total. The van der Waals surface area contributed by atoms with E-state index < -0.39 is 0 Å². The molecule has 0 aromatic carbocycles. The molecule has 1 aliphatic carbocycles. The van der Waals surface area contributed by atoms with Crippen molar-refractivity contribution in [3.8, 4) is 0 Å². The minimum absolute atomic E-state index is 0.665. The van der Waals surface area contributed by atoms with E-state index in [9.17, 15) is 0 Å². The molecule has 1 aromatic rings. The molecule has 1 N–H and O–H groups in total. The Morgan fingerprint density at radius 1 is 1.32 bits per heavy atom. The van der Waals surface area contributed by atoms with Crippen LogP contribution in [0.15, 0.2) is 18.3 Å². The average molecular weight is 280 g/mol. The van der Waals surface area contributed by atoms with Gasteiger partial charge in [0, 0.05) is 36.9 Å². The molecule has 1 unspecified atom stereocenters. The number of pyridine rings is 1. The molecule has 2 fully saturated rings. The third-order valence-electron chi connectivity index (χ3n) is 4.02. The molecular weight excluding hydrogens is 258 g/mol. The van der Waals surface area contributed by atoms with E-state index >= 15 is 0 Å². The molecule has 4 heteroatoms. The maximum Gasteiger partial charge on any atom is 0.0558 e. The summed E-state index contributed by atoms with van der Waals surface area (Å²) in [6, 6.07) is 4.50. The fraction of sp³-hybridized carbons (Fsp3) is 0.667. The highest BCUT2D eigenvalue weighted by molar-refractivity contribution is 6.30. The highest BCUT2D eigenvalue weighted by Gasteiger charge is 2.26. The molecule has 1 atom stereocenters. The minimum atomic E-state index is 0.665. The molecule has 1 aromatic heterocycles. The fourth-order valence-corrected chi connectivity index (χ4v) is 3.04. The van der Waals surface area contributed by atoms with E-state index in [2.05, 4.69) is 15.2 Å². The molecule has 1 saturated carbocycles. The molecule has 3 rings (SSSR count). The van der Waals surface area contributed by atoms with Gasteiger partial charge < -0.3 is 5.32 Å². The number of rotatable bonds is 6. The van der Waals surface area contributed by atoms with Gasteiger partial charge in [0.05, 0.1) is 5.69 Å². The maximum atomic E-state index is 6.05. The van der Waals surface area contributed by atoms with Crippen molar-refractivity contribution in [1.29, 1.82) is 0 Å². The predicted molar refractivity (Wildman–Crippen MR) is 78.3 cm³/mol. The number of nitrogens with one attached hydrogen (secondary N) is 1. The first-order valence-corrected chi connectivity index (χ1v) is 7.73. The van der Waals surface area contributed by atoms with Crippen molar-refractivity contribution in [1.82, 2.24) is 15.2 Å².